The van der Waals surface area contributed by atoms with Crippen molar-refractivity contribution in [2.24, 2.45) is 0 Å². The molecule has 2 aliphatic rings. The predicted molar refractivity (Wildman–Crippen MR) is 74.5 cm³/mol. The molecule has 0 radical (unpaired) electrons. The van der Waals surface area contributed by atoms with Crippen LogP contribution in [-0.4, -0.2) is 30.4 Å². The van der Waals surface area contributed by atoms with Crippen molar-refractivity contribution in [2.75, 3.05) is 19.7 Å². The highest BCUT2D eigenvalue weighted by Crippen LogP contribution is 2.31. The molecule has 1 fully saturated rings. The molecule has 0 saturated carbocycles. The van der Waals surface area contributed by atoms with Gasteiger partial charge in [0.15, 0.2) is 5.78 Å². The Morgan fingerprint density at radius 1 is 1.26 bits per heavy atom. The fraction of sp³-hybridized carbons (Fsp3) is 0.562. The highest BCUT2D eigenvalue weighted by molar-refractivity contribution is 5.83. The summed E-state index contributed by atoms with van der Waals surface area (Å²) in [4.78, 5) is 14.4. The van der Waals surface area contributed by atoms with Crippen molar-refractivity contribution in [2.45, 2.75) is 38.6 Å². The predicted octanol–water partition coefficient (Wildman–Crippen LogP) is 2.74. The summed E-state index contributed by atoms with van der Waals surface area (Å²) in [6.07, 6.45) is 4.67. The van der Waals surface area contributed by atoms with E-state index >= 15 is 0 Å². The van der Waals surface area contributed by atoms with Crippen molar-refractivity contribution in [1.82, 2.24) is 4.90 Å². The summed E-state index contributed by atoms with van der Waals surface area (Å²) >= 11 is 0. The quantitative estimate of drug-likeness (QED) is 0.836. The van der Waals surface area contributed by atoms with Gasteiger partial charge in [-0.15, -0.1) is 0 Å². The van der Waals surface area contributed by atoms with E-state index in [1.807, 2.05) is 6.07 Å². The molecule has 0 amide bonds. The first kappa shape index (κ1) is 12.7. The first-order valence-electron chi connectivity index (χ1n) is 7.26. The van der Waals surface area contributed by atoms with Crippen molar-refractivity contribution in [3.8, 4) is 5.75 Å². The molecule has 2 aliphatic heterocycles. The van der Waals surface area contributed by atoms with Gasteiger partial charge < -0.3 is 4.74 Å². The maximum Gasteiger partial charge on any atom is 0.151 e. The molecule has 1 aromatic rings. The number of hydrogen-bond donors (Lipinski definition) is 0. The molecule has 1 atom stereocenters. The zero-order chi connectivity index (χ0) is 13.2. The number of piperidine rings is 1. The minimum Gasteiger partial charge on any atom is -0.493 e. The molecule has 0 bridgehead atoms. The fourth-order valence-electron chi connectivity index (χ4n) is 3.26. The third-order valence-electron chi connectivity index (χ3n) is 4.17. The summed E-state index contributed by atoms with van der Waals surface area (Å²) in [7, 11) is 0. The van der Waals surface area contributed by atoms with E-state index in [1.54, 1.807) is 6.92 Å². The number of carbonyl (C=O) groups is 1. The minimum absolute atomic E-state index is 0.0637. The van der Waals surface area contributed by atoms with E-state index in [0.717, 1.165) is 37.4 Å². The molecule has 0 N–H and O–H groups in total. The Bertz CT molecular complexity index is 478. The number of carbonyl (C=O) groups excluding carboxylic acids is 1. The average Bonchev–Trinajstić information content (AvgIpc) is 2.87. The van der Waals surface area contributed by atoms with Gasteiger partial charge in [0.1, 0.15) is 5.75 Å². The molecule has 0 aromatic heterocycles. The second kappa shape index (κ2) is 5.33. The molecule has 19 heavy (non-hydrogen) atoms. The number of fused-ring (bicyclic) bond motifs is 1. The lowest BCUT2D eigenvalue weighted by atomic mass is 9.96. The number of ketones is 1. The van der Waals surface area contributed by atoms with Gasteiger partial charge in [-0.2, -0.15) is 0 Å². The molecule has 0 aliphatic carbocycles. The number of ether oxygens (including phenoxy) is 1. The molecular weight excluding hydrogens is 238 g/mol. The average molecular weight is 259 g/mol. The lowest BCUT2D eigenvalue weighted by molar-refractivity contribution is -0.122. The number of likely N-dealkylation sites (tertiary alicyclic amines) is 1. The lowest BCUT2D eigenvalue weighted by Crippen LogP contribution is -2.37. The third-order valence-corrected chi connectivity index (χ3v) is 4.17. The van der Waals surface area contributed by atoms with Crippen molar-refractivity contribution >= 4 is 5.78 Å². The zero-order valence-electron chi connectivity index (χ0n) is 11.5. The Morgan fingerprint density at radius 2 is 2.05 bits per heavy atom. The third kappa shape index (κ3) is 2.52. The van der Waals surface area contributed by atoms with Crippen LogP contribution in [0, 0.1) is 0 Å². The minimum atomic E-state index is -0.0637. The molecule has 1 aromatic carbocycles. The lowest BCUT2D eigenvalue weighted by Gasteiger charge is -2.33. The number of Topliss-reactive ketones (excluding diaryl/α,β-unsaturated/α-hetero) is 1. The number of nitrogens with zero attached hydrogens (tertiary/aromatic N) is 1. The van der Waals surface area contributed by atoms with Gasteiger partial charge in [0.2, 0.25) is 0 Å². The molecule has 3 heteroatoms. The van der Waals surface area contributed by atoms with Crippen LogP contribution in [0.25, 0.3) is 0 Å². The molecular formula is C16H21NO2. The topological polar surface area (TPSA) is 29.5 Å². The van der Waals surface area contributed by atoms with E-state index in [-0.39, 0.29) is 11.8 Å². The van der Waals surface area contributed by atoms with Gasteiger partial charge in [-0.05, 0) is 56.1 Å². The van der Waals surface area contributed by atoms with Crippen LogP contribution >= 0.6 is 0 Å². The molecule has 1 saturated heterocycles. The smallest absolute Gasteiger partial charge is 0.151 e. The van der Waals surface area contributed by atoms with Gasteiger partial charge >= 0.3 is 0 Å². The Kier molecular flexibility index (Phi) is 3.56. The van der Waals surface area contributed by atoms with Crippen LogP contribution in [0.3, 0.4) is 0 Å². The second-order valence-corrected chi connectivity index (χ2v) is 5.58. The van der Waals surface area contributed by atoms with E-state index in [0.29, 0.717) is 0 Å². The summed E-state index contributed by atoms with van der Waals surface area (Å²) in [5.41, 5.74) is 2.39. The van der Waals surface area contributed by atoms with E-state index in [2.05, 4.69) is 17.0 Å². The molecule has 2 heterocycles. The first-order valence-corrected chi connectivity index (χ1v) is 7.26. The summed E-state index contributed by atoms with van der Waals surface area (Å²) in [5, 5.41) is 0. The maximum atomic E-state index is 12.1. The van der Waals surface area contributed by atoms with Gasteiger partial charge in [0.05, 0.1) is 12.6 Å². The number of rotatable bonds is 3. The van der Waals surface area contributed by atoms with Crippen molar-refractivity contribution < 1.29 is 9.53 Å². The Hall–Kier alpha value is -1.35. The summed E-state index contributed by atoms with van der Waals surface area (Å²) in [6.45, 7) is 4.56. The fourth-order valence-corrected chi connectivity index (χ4v) is 3.26. The number of hydrogen-bond acceptors (Lipinski definition) is 3. The van der Waals surface area contributed by atoms with E-state index in [4.69, 9.17) is 4.74 Å². The van der Waals surface area contributed by atoms with Crippen molar-refractivity contribution in [1.29, 1.82) is 0 Å². The van der Waals surface area contributed by atoms with Crippen LogP contribution in [0.1, 0.15) is 43.4 Å². The van der Waals surface area contributed by atoms with Crippen LogP contribution in [0.5, 0.6) is 5.75 Å². The van der Waals surface area contributed by atoms with Gasteiger partial charge in [0, 0.05) is 6.42 Å². The van der Waals surface area contributed by atoms with E-state index < -0.39 is 0 Å². The number of benzene rings is 1. The van der Waals surface area contributed by atoms with Crippen LogP contribution in [0.15, 0.2) is 18.2 Å². The van der Waals surface area contributed by atoms with Crippen LogP contribution in [-0.2, 0) is 11.2 Å². The zero-order valence-corrected chi connectivity index (χ0v) is 11.5. The van der Waals surface area contributed by atoms with Gasteiger partial charge in [-0.1, -0.05) is 12.5 Å². The van der Waals surface area contributed by atoms with Crippen LogP contribution in [0.4, 0.5) is 0 Å². The molecule has 0 spiro atoms. The Labute approximate surface area is 114 Å². The van der Waals surface area contributed by atoms with Crippen LogP contribution < -0.4 is 4.74 Å². The van der Waals surface area contributed by atoms with Crippen LogP contribution in [0.2, 0.25) is 0 Å². The monoisotopic (exact) mass is 259 g/mol. The normalized spacial score (nSPS) is 20.7. The standard InChI is InChI=1S/C16H21NO2/c1-12(18)16(17-8-3-2-4-9-17)14-5-6-15-13(11-14)7-10-19-15/h5-6,11,16H,2-4,7-10H2,1H3. The molecule has 3 rings (SSSR count). The van der Waals surface area contributed by atoms with Crippen molar-refractivity contribution in [3.05, 3.63) is 29.3 Å². The SMILES string of the molecule is CC(=O)C(c1ccc2c(c1)CCO2)N1CCCCC1. The molecule has 3 nitrogen and oxygen atoms in total. The largest absolute Gasteiger partial charge is 0.493 e. The second-order valence-electron chi connectivity index (χ2n) is 5.58. The van der Waals surface area contributed by atoms with Gasteiger partial charge in [0.25, 0.3) is 0 Å². The molecule has 1 unspecified atom stereocenters. The molecule has 102 valence electrons. The Morgan fingerprint density at radius 3 is 2.79 bits per heavy atom. The Balaban J connectivity index is 1.89. The summed E-state index contributed by atoms with van der Waals surface area (Å²) in [6, 6.07) is 6.19. The highest BCUT2D eigenvalue weighted by atomic mass is 16.5. The first-order chi connectivity index (χ1) is 9.25. The van der Waals surface area contributed by atoms with Crippen molar-refractivity contribution in [3.63, 3.8) is 0 Å². The van der Waals surface area contributed by atoms with Gasteiger partial charge in [-0.3, -0.25) is 9.69 Å². The van der Waals surface area contributed by atoms with E-state index in [1.165, 1.54) is 24.8 Å². The van der Waals surface area contributed by atoms with E-state index in [9.17, 15) is 4.79 Å². The summed E-state index contributed by atoms with van der Waals surface area (Å²) in [5.74, 6) is 1.24. The summed E-state index contributed by atoms with van der Waals surface area (Å²) < 4.78 is 5.54. The van der Waals surface area contributed by atoms with Gasteiger partial charge in [-0.25, -0.2) is 0 Å². The maximum absolute atomic E-state index is 12.1. The highest BCUT2D eigenvalue weighted by Gasteiger charge is 2.27.